The quantitative estimate of drug-likeness (QED) is 0.180. The molecule has 2 aromatic heterocycles. The summed E-state index contributed by atoms with van der Waals surface area (Å²) < 4.78 is 3.94. The van der Waals surface area contributed by atoms with Gasteiger partial charge in [0.05, 0.1) is 20.4 Å². The number of amides is 2. The average molecular weight is 610 g/mol. The van der Waals surface area contributed by atoms with Crippen LogP contribution in [0.3, 0.4) is 0 Å². The molecule has 0 spiro atoms. The van der Waals surface area contributed by atoms with Gasteiger partial charge >= 0.3 is 0 Å². The first-order valence-corrected chi connectivity index (χ1v) is 13.9. The Morgan fingerprint density at radius 1 is 0.697 bits per heavy atom. The van der Waals surface area contributed by atoms with E-state index in [1.54, 1.807) is 0 Å². The molecular weight excluding hydrogens is 588 g/mol. The Morgan fingerprint density at radius 2 is 1.12 bits per heavy atom. The summed E-state index contributed by atoms with van der Waals surface area (Å²) in [5.41, 5.74) is 1.75. The van der Waals surface area contributed by atoms with Gasteiger partial charge in [0.2, 0.25) is 11.8 Å². The highest BCUT2D eigenvalue weighted by Gasteiger charge is 2.11. The largest absolute Gasteiger partial charge is 0.302 e. The molecular formula is C23H22Br2N4O2S2. The van der Waals surface area contributed by atoms with Gasteiger partial charge in [0, 0.05) is 21.8 Å². The number of carbonyl (C=O) groups excluding carboxylic acids is 2. The number of nitrogens with zero attached hydrogens (tertiary/aromatic N) is 2. The fraction of sp³-hybridized carbons (Fsp3) is 0.304. The first-order valence-electron chi connectivity index (χ1n) is 10.7. The highest BCUT2D eigenvalue weighted by atomic mass is 79.9. The van der Waals surface area contributed by atoms with Crippen molar-refractivity contribution in [3.8, 4) is 0 Å². The molecule has 0 fully saturated rings. The van der Waals surface area contributed by atoms with Crippen LogP contribution in [0.5, 0.6) is 0 Å². The van der Waals surface area contributed by atoms with Gasteiger partial charge in [-0.1, -0.05) is 54.1 Å². The monoisotopic (exact) mass is 608 g/mol. The lowest BCUT2D eigenvalue weighted by molar-refractivity contribution is -0.117. The van der Waals surface area contributed by atoms with E-state index in [4.69, 9.17) is 0 Å². The number of hydrogen-bond acceptors (Lipinski definition) is 6. The summed E-state index contributed by atoms with van der Waals surface area (Å²) in [6.45, 7) is 0. The van der Waals surface area contributed by atoms with Crippen molar-refractivity contribution in [2.24, 2.45) is 0 Å². The summed E-state index contributed by atoms with van der Waals surface area (Å²) in [6, 6.07) is 11.8. The lowest BCUT2D eigenvalue weighted by Crippen LogP contribution is -2.11. The predicted octanol–water partition coefficient (Wildman–Crippen LogP) is 7.74. The first kappa shape index (κ1) is 24.3. The second-order valence-corrected chi connectivity index (χ2v) is 11.3. The highest BCUT2D eigenvalue weighted by molar-refractivity contribution is 9.11. The molecule has 2 aromatic carbocycles. The predicted molar refractivity (Wildman–Crippen MR) is 144 cm³/mol. The van der Waals surface area contributed by atoms with Crippen molar-refractivity contribution in [1.29, 1.82) is 0 Å². The van der Waals surface area contributed by atoms with Crippen LogP contribution in [0.2, 0.25) is 0 Å². The molecule has 4 rings (SSSR count). The normalized spacial score (nSPS) is 11.2. The number of carbonyl (C=O) groups is 2. The second-order valence-electron chi connectivity index (χ2n) is 7.58. The zero-order valence-corrected chi connectivity index (χ0v) is 22.5. The molecule has 10 heteroatoms. The molecule has 0 aliphatic carbocycles. The van der Waals surface area contributed by atoms with Crippen molar-refractivity contribution < 1.29 is 9.59 Å². The van der Waals surface area contributed by atoms with Crippen molar-refractivity contribution in [2.75, 3.05) is 10.6 Å². The van der Waals surface area contributed by atoms with Gasteiger partial charge in [0.1, 0.15) is 0 Å². The van der Waals surface area contributed by atoms with Crippen molar-refractivity contribution in [3.05, 3.63) is 45.3 Å². The van der Waals surface area contributed by atoms with Crippen LogP contribution in [0, 0.1) is 0 Å². The van der Waals surface area contributed by atoms with Crippen LogP contribution < -0.4 is 10.6 Å². The van der Waals surface area contributed by atoms with E-state index in [1.165, 1.54) is 22.7 Å². The topological polar surface area (TPSA) is 84.0 Å². The third kappa shape index (κ3) is 6.59. The van der Waals surface area contributed by atoms with E-state index in [-0.39, 0.29) is 11.8 Å². The average Bonchev–Trinajstić information content (AvgIpc) is 3.38. The zero-order valence-electron chi connectivity index (χ0n) is 17.7. The molecule has 0 aliphatic rings. The van der Waals surface area contributed by atoms with Crippen LogP contribution in [0.4, 0.5) is 10.3 Å². The SMILES string of the molecule is O=C(CCCCCCCC(=O)Nc1nc2c(Br)cccc2s1)Nc1nc2c(Br)cccc2s1. The van der Waals surface area contributed by atoms with Gasteiger partial charge in [-0.25, -0.2) is 9.97 Å². The van der Waals surface area contributed by atoms with Crippen LogP contribution in [0.1, 0.15) is 44.9 Å². The number of benzene rings is 2. The number of thiazole rings is 2. The molecule has 0 saturated heterocycles. The molecule has 0 radical (unpaired) electrons. The number of aromatic nitrogens is 2. The van der Waals surface area contributed by atoms with Gasteiger partial charge in [-0.15, -0.1) is 0 Å². The third-order valence-corrected chi connectivity index (χ3v) is 8.19. The fourth-order valence-corrected chi connectivity index (χ4v) is 6.39. The number of unbranched alkanes of at least 4 members (excludes halogenated alkanes) is 4. The van der Waals surface area contributed by atoms with E-state index < -0.39 is 0 Å². The Balaban J connectivity index is 1.09. The van der Waals surface area contributed by atoms with E-state index in [1.807, 2.05) is 36.4 Å². The van der Waals surface area contributed by atoms with Gasteiger partial charge in [-0.05, 0) is 69.0 Å². The van der Waals surface area contributed by atoms with Crippen LogP contribution >= 0.6 is 54.5 Å². The van der Waals surface area contributed by atoms with E-state index in [2.05, 4.69) is 52.5 Å². The summed E-state index contributed by atoms with van der Waals surface area (Å²) >= 11 is 9.93. The van der Waals surface area contributed by atoms with Gasteiger partial charge < -0.3 is 10.6 Å². The Kier molecular flexibility index (Phi) is 8.45. The summed E-state index contributed by atoms with van der Waals surface area (Å²) in [5.74, 6) is -0.0148. The highest BCUT2D eigenvalue weighted by Crippen LogP contribution is 2.32. The molecule has 0 unspecified atom stereocenters. The van der Waals surface area contributed by atoms with E-state index in [9.17, 15) is 9.59 Å². The number of hydrogen-bond donors (Lipinski definition) is 2. The van der Waals surface area contributed by atoms with Gasteiger partial charge in [0.15, 0.2) is 10.3 Å². The molecule has 0 bridgehead atoms. The van der Waals surface area contributed by atoms with E-state index in [0.717, 1.165) is 61.5 Å². The van der Waals surface area contributed by atoms with Crippen LogP contribution in [-0.2, 0) is 9.59 Å². The van der Waals surface area contributed by atoms with Gasteiger partial charge in [-0.2, -0.15) is 0 Å². The Hall–Kier alpha value is -1.88. The number of halogens is 2. The number of nitrogens with one attached hydrogen (secondary N) is 2. The lowest BCUT2D eigenvalue weighted by Gasteiger charge is -2.03. The maximum absolute atomic E-state index is 12.2. The maximum atomic E-state index is 12.2. The third-order valence-electron chi connectivity index (χ3n) is 5.04. The molecule has 2 heterocycles. The maximum Gasteiger partial charge on any atom is 0.226 e. The van der Waals surface area contributed by atoms with Crippen molar-refractivity contribution in [3.63, 3.8) is 0 Å². The van der Waals surface area contributed by atoms with Crippen LogP contribution in [0.25, 0.3) is 20.4 Å². The molecule has 4 aromatic rings. The van der Waals surface area contributed by atoms with Crippen molar-refractivity contribution in [2.45, 2.75) is 44.9 Å². The van der Waals surface area contributed by atoms with Gasteiger partial charge in [0.25, 0.3) is 0 Å². The molecule has 2 N–H and O–H groups in total. The molecule has 33 heavy (non-hydrogen) atoms. The summed E-state index contributed by atoms with van der Waals surface area (Å²) in [7, 11) is 0. The minimum absolute atomic E-state index is 0.00738. The standard InChI is InChI=1S/C23H22Br2N4O2S2/c24-14-8-6-10-16-20(14)28-22(32-16)26-18(30)12-4-2-1-3-5-13-19(31)27-23-29-21-15(25)9-7-11-17(21)33-23/h6-11H,1-5,12-13H2,(H,26,28,30)(H,27,29,31). The zero-order chi connectivity index (χ0) is 23.2. The number of para-hydroxylation sites is 2. The molecule has 0 saturated carbocycles. The summed E-state index contributed by atoms with van der Waals surface area (Å²) in [5, 5.41) is 7.06. The second kappa shape index (κ2) is 11.5. The molecule has 6 nitrogen and oxygen atoms in total. The Morgan fingerprint density at radius 3 is 1.55 bits per heavy atom. The number of anilines is 2. The molecule has 0 atom stereocenters. The number of fused-ring (bicyclic) bond motifs is 2. The minimum Gasteiger partial charge on any atom is -0.302 e. The lowest BCUT2D eigenvalue weighted by atomic mass is 10.1. The fourth-order valence-electron chi connectivity index (χ4n) is 3.40. The van der Waals surface area contributed by atoms with Crippen LogP contribution in [0.15, 0.2) is 45.3 Å². The Labute approximate surface area is 216 Å². The van der Waals surface area contributed by atoms with Crippen molar-refractivity contribution in [1.82, 2.24) is 9.97 Å². The molecule has 2 amide bonds. The van der Waals surface area contributed by atoms with E-state index in [0.29, 0.717) is 23.1 Å². The summed E-state index contributed by atoms with van der Waals surface area (Å²) in [4.78, 5) is 33.3. The van der Waals surface area contributed by atoms with Gasteiger partial charge in [-0.3, -0.25) is 9.59 Å². The minimum atomic E-state index is -0.00738. The van der Waals surface area contributed by atoms with E-state index >= 15 is 0 Å². The molecule has 172 valence electrons. The first-order chi connectivity index (χ1) is 16.0. The van der Waals surface area contributed by atoms with Crippen molar-refractivity contribution >= 4 is 97.0 Å². The molecule has 0 aliphatic heterocycles. The number of rotatable bonds is 10. The smallest absolute Gasteiger partial charge is 0.226 e. The Bertz CT molecular complexity index is 1190. The summed E-state index contributed by atoms with van der Waals surface area (Å²) in [6.07, 6.45) is 5.54. The van der Waals surface area contributed by atoms with Crippen LogP contribution in [-0.4, -0.2) is 21.8 Å².